The molecule has 0 N–H and O–H groups in total. The lowest BCUT2D eigenvalue weighted by atomic mass is 10.1. The van der Waals surface area contributed by atoms with Crippen molar-refractivity contribution in [3.05, 3.63) is 23.3 Å². The molecule has 0 saturated heterocycles. The average molecular weight is 239 g/mol. The normalized spacial score (nSPS) is 8.94. The Morgan fingerprint density at radius 3 is 2.25 bits per heavy atom. The van der Waals surface area contributed by atoms with Crippen LogP contribution < -0.4 is 9.47 Å². The third-order valence-corrected chi connectivity index (χ3v) is 2.08. The molecule has 0 unspecified atom stereocenters. The maximum absolute atomic E-state index is 10.7. The van der Waals surface area contributed by atoms with Crippen LogP contribution in [0.2, 0.25) is 0 Å². The summed E-state index contributed by atoms with van der Waals surface area (Å²) in [6, 6.07) is 3.21. The van der Waals surface area contributed by atoms with Crippen LogP contribution >= 0.6 is 11.6 Å². The minimum absolute atomic E-state index is 0.224. The summed E-state index contributed by atoms with van der Waals surface area (Å²) in [5.74, 6) is 6.78. The fourth-order valence-corrected chi connectivity index (χ4v) is 1.31. The van der Waals surface area contributed by atoms with Crippen molar-refractivity contribution in [2.45, 2.75) is 0 Å². The molecular formula is C12H11ClO3. The van der Waals surface area contributed by atoms with Gasteiger partial charge in [0.25, 0.3) is 0 Å². The largest absolute Gasteiger partial charge is 0.495 e. The van der Waals surface area contributed by atoms with Crippen LogP contribution in [-0.4, -0.2) is 26.4 Å². The zero-order chi connectivity index (χ0) is 12.0. The summed E-state index contributed by atoms with van der Waals surface area (Å²) in [5, 5.41) is 0. The van der Waals surface area contributed by atoms with Crippen molar-refractivity contribution in [2.75, 3.05) is 20.1 Å². The van der Waals surface area contributed by atoms with Crippen LogP contribution in [0.1, 0.15) is 15.9 Å². The number of aldehydes is 1. The van der Waals surface area contributed by atoms with Crippen LogP contribution in [0.5, 0.6) is 11.5 Å². The fraction of sp³-hybridized carbons (Fsp3) is 0.250. The molecule has 0 heterocycles. The van der Waals surface area contributed by atoms with Crippen molar-refractivity contribution in [2.24, 2.45) is 0 Å². The zero-order valence-corrected chi connectivity index (χ0v) is 9.80. The maximum atomic E-state index is 10.7. The lowest BCUT2D eigenvalue weighted by Crippen LogP contribution is -1.95. The molecule has 1 aromatic carbocycles. The van der Waals surface area contributed by atoms with Crippen molar-refractivity contribution in [3.8, 4) is 23.3 Å². The first-order valence-electron chi connectivity index (χ1n) is 4.52. The smallest absolute Gasteiger partial charge is 0.150 e. The Balaban J connectivity index is 3.36. The predicted molar refractivity (Wildman–Crippen MR) is 62.5 cm³/mol. The van der Waals surface area contributed by atoms with E-state index >= 15 is 0 Å². The predicted octanol–water partition coefficient (Wildman–Crippen LogP) is 2.11. The Hall–Kier alpha value is -1.66. The van der Waals surface area contributed by atoms with Crippen LogP contribution in [0.3, 0.4) is 0 Å². The number of hydrogen-bond acceptors (Lipinski definition) is 3. The Kier molecular flexibility index (Phi) is 4.68. The van der Waals surface area contributed by atoms with Gasteiger partial charge in [0.1, 0.15) is 23.3 Å². The van der Waals surface area contributed by atoms with Crippen molar-refractivity contribution < 1.29 is 14.3 Å². The lowest BCUT2D eigenvalue weighted by Gasteiger charge is -2.09. The minimum atomic E-state index is 0.224. The van der Waals surface area contributed by atoms with Gasteiger partial charge in [0.15, 0.2) is 0 Å². The van der Waals surface area contributed by atoms with Gasteiger partial charge in [-0.3, -0.25) is 4.79 Å². The average Bonchev–Trinajstić information content (AvgIpc) is 2.35. The molecule has 1 aromatic rings. The maximum Gasteiger partial charge on any atom is 0.150 e. The van der Waals surface area contributed by atoms with E-state index in [1.54, 1.807) is 12.1 Å². The highest BCUT2D eigenvalue weighted by molar-refractivity contribution is 6.19. The quantitative estimate of drug-likeness (QED) is 0.460. The second kappa shape index (κ2) is 6.04. The Bertz CT molecular complexity index is 418. The standard InChI is InChI=1S/C12H11ClO3/c1-15-11-6-9(8-14)7-12(16-2)10(11)4-3-5-13/h6-8H,5H2,1-2H3. The summed E-state index contributed by atoms with van der Waals surface area (Å²) >= 11 is 5.49. The number of carbonyl (C=O) groups is 1. The van der Waals surface area contributed by atoms with Crippen LogP contribution in [-0.2, 0) is 0 Å². The van der Waals surface area contributed by atoms with E-state index in [1.807, 2.05) is 0 Å². The molecule has 0 aromatic heterocycles. The van der Waals surface area contributed by atoms with Crippen molar-refractivity contribution >= 4 is 17.9 Å². The van der Waals surface area contributed by atoms with Gasteiger partial charge < -0.3 is 9.47 Å². The molecule has 0 amide bonds. The van der Waals surface area contributed by atoms with Crippen molar-refractivity contribution in [1.29, 1.82) is 0 Å². The van der Waals surface area contributed by atoms with Gasteiger partial charge in [-0.2, -0.15) is 0 Å². The molecule has 0 atom stereocenters. The fourth-order valence-electron chi connectivity index (χ4n) is 1.25. The molecule has 0 saturated carbocycles. The molecule has 3 nitrogen and oxygen atoms in total. The van der Waals surface area contributed by atoms with E-state index in [4.69, 9.17) is 21.1 Å². The number of hydrogen-bond donors (Lipinski definition) is 0. The van der Waals surface area contributed by atoms with E-state index in [1.165, 1.54) is 14.2 Å². The van der Waals surface area contributed by atoms with E-state index < -0.39 is 0 Å². The second-order valence-electron chi connectivity index (χ2n) is 2.85. The number of alkyl halides is 1. The first-order chi connectivity index (χ1) is 7.76. The third kappa shape index (κ3) is 2.68. The number of benzene rings is 1. The van der Waals surface area contributed by atoms with Crippen molar-refractivity contribution in [3.63, 3.8) is 0 Å². The number of methoxy groups -OCH3 is 2. The summed E-state index contributed by atoms with van der Waals surface area (Å²) in [6.45, 7) is 0. The monoisotopic (exact) mass is 238 g/mol. The summed E-state index contributed by atoms with van der Waals surface area (Å²) < 4.78 is 10.3. The highest BCUT2D eigenvalue weighted by Crippen LogP contribution is 2.29. The number of rotatable bonds is 3. The van der Waals surface area contributed by atoms with Gasteiger partial charge in [0.05, 0.1) is 20.1 Å². The lowest BCUT2D eigenvalue weighted by molar-refractivity contribution is 0.112. The van der Waals surface area contributed by atoms with Crippen molar-refractivity contribution in [1.82, 2.24) is 0 Å². The molecule has 1 rings (SSSR count). The van der Waals surface area contributed by atoms with E-state index in [-0.39, 0.29) is 5.88 Å². The molecule has 0 bridgehead atoms. The van der Waals surface area contributed by atoms with Gasteiger partial charge in [-0.25, -0.2) is 0 Å². The van der Waals surface area contributed by atoms with Crippen LogP contribution in [0.15, 0.2) is 12.1 Å². The van der Waals surface area contributed by atoms with E-state index in [9.17, 15) is 4.79 Å². The molecule has 0 aliphatic rings. The molecule has 0 radical (unpaired) electrons. The summed E-state index contributed by atoms with van der Waals surface area (Å²) in [4.78, 5) is 10.7. The summed E-state index contributed by atoms with van der Waals surface area (Å²) in [7, 11) is 3.02. The molecule has 0 aliphatic heterocycles. The van der Waals surface area contributed by atoms with Crippen LogP contribution in [0.25, 0.3) is 0 Å². The number of ether oxygens (including phenoxy) is 2. The molecule has 0 spiro atoms. The molecule has 0 aliphatic carbocycles. The highest BCUT2D eigenvalue weighted by Gasteiger charge is 2.10. The summed E-state index contributed by atoms with van der Waals surface area (Å²) in [5.41, 5.74) is 1.07. The molecule has 16 heavy (non-hydrogen) atoms. The van der Waals surface area contributed by atoms with E-state index in [0.29, 0.717) is 22.6 Å². The number of halogens is 1. The first-order valence-corrected chi connectivity index (χ1v) is 5.06. The summed E-state index contributed by atoms with van der Waals surface area (Å²) in [6.07, 6.45) is 0.726. The zero-order valence-electron chi connectivity index (χ0n) is 9.04. The highest BCUT2D eigenvalue weighted by atomic mass is 35.5. The first kappa shape index (κ1) is 12.4. The molecular weight excluding hydrogens is 228 g/mol. The Morgan fingerprint density at radius 2 is 1.88 bits per heavy atom. The SMILES string of the molecule is COc1cc(C=O)cc(OC)c1C#CCCl. The van der Waals surface area contributed by atoms with E-state index in [0.717, 1.165) is 6.29 Å². The van der Waals surface area contributed by atoms with Gasteiger partial charge in [-0.1, -0.05) is 11.8 Å². The second-order valence-corrected chi connectivity index (χ2v) is 3.12. The third-order valence-electron chi connectivity index (χ3n) is 1.94. The molecule has 0 fully saturated rings. The molecule has 4 heteroatoms. The Morgan fingerprint density at radius 1 is 1.31 bits per heavy atom. The van der Waals surface area contributed by atoms with E-state index in [2.05, 4.69) is 11.8 Å². The van der Waals surface area contributed by atoms with Gasteiger partial charge in [0, 0.05) is 5.56 Å². The van der Waals surface area contributed by atoms with Gasteiger partial charge in [0.2, 0.25) is 0 Å². The van der Waals surface area contributed by atoms with Crippen LogP contribution in [0, 0.1) is 11.8 Å². The topological polar surface area (TPSA) is 35.5 Å². The minimum Gasteiger partial charge on any atom is -0.495 e. The number of carbonyl (C=O) groups excluding carboxylic acids is 1. The van der Waals surface area contributed by atoms with Gasteiger partial charge >= 0.3 is 0 Å². The van der Waals surface area contributed by atoms with Gasteiger partial charge in [-0.15, -0.1) is 11.6 Å². The molecule has 84 valence electrons. The Labute approximate surface area is 99.3 Å². The van der Waals surface area contributed by atoms with Gasteiger partial charge in [-0.05, 0) is 12.1 Å². The van der Waals surface area contributed by atoms with Crippen LogP contribution in [0.4, 0.5) is 0 Å².